The molecule has 0 heterocycles. The number of rotatable bonds is 5. The van der Waals surface area contributed by atoms with Crippen molar-refractivity contribution in [3.63, 3.8) is 0 Å². The summed E-state index contributed by atoms with van der Waals surface area (Å²) >= 11 is 0. The molecule has 0 amide bonds. The smallest absolute Gasteiger partial charge is 0.164 e. The van der Waals surface area contributed by atoms with E-state index < -0.39 is 0 Å². The number of halogens is 1. The maximum atomic E-state index is 12.6. The molecular formula is C12H16FNO. The fraction of sp³-hybridized carbons (Fsp3) is 0.417. The Balaban J connectivity index is 2.57. The van der Waals surface area contributed by atoms with Crippen LogP contribution < -0.4 is 5.32 Å². The molecule has 0 aliphatic carbocycles. The maximum Gasteiger partial charge on any atom is 0.164 e. The van der Waals surface area contributed by atoms with Crippen molar-refractivity contribution in [3.05, 3.63) is 35.6 Å². The molecule has 1 aromatic carbocycles. The number of ketones is 1. The number of carbonyl (C=O) groups is 1. The van der Waals surface area contributed by atoms with Gasteiger partial charge in [0.15, 0.2) is 5.78 Å². The van der Waals surface area contributed by atoms with E-state index in [4.69, 9.17) is 0 Å². The Hall–Kier alpha value is -1.22. The number of nitrogens with one attached hydrogen (secondary N) is 1. The van der Waals surface area contributed by atoms with Gasteiger partial charge >= 0.3 is 0 Å². The van der Waals surface area contributed by atoms with E-state index in [0.717, 1.165) is 6.54 Å². The number of Topliss-reactive ketones (excluding diaryl/α,β-unsaturated/α-hetero) is 1. The third kappa shape index (κ3) is 3.80. The van der Waals surface area contributed by atoms with Gasteiger partial charge in [-0.3, -0.25) is 4.79 Å². The van der Waals surface area contributed by atoms with Gasteiger partial charge in [0.2, 0.25) is 0 Å². The molecule has 0 aliphatic rings. The number of hydrogen-bond acceptors (Lipinski definition) is 2. The van der Waals surface area contributed by atoms with Crippen LogP contribution in [-0.4, -0.2) is 18.4 Å². The highest BCUT2D eigenvalue weighted by Gasteiger charge is 2.09. The normalized spacial score (nSPS) is 12.5. The van der Waals surface area contributed by atoms with Crippen molar-refractivity contribution in [2.24, 2.45) is 0 Å². The summed E-state index contributed by atoms with van der Waals surface area (Å²) in [4.78, 5) is 11.7. The Morgan fingerprint density at radius 2 is 2.00 bits per heavy atom. The average Bonchev–Trinajstić information content (AvgIpc) is 2.18. The quantitative estimate of drug-likeness (QED) is 0.754. The summed E-state index contributed by atoms with van der Waals surface area (Å²) < 4.78 is 12.6. The molecule has 2 nitrogen and oxygen atoms in total. The highest BCUT2D eigenvalue weighted by molar-refractivity contribution is 5.96. The summed E-state index contributed by atoms with van der Waals surface area (Å²) in [6.07, 6.45) is 0.444. The van der Waals surface area contributed by atoms with Gasteiger partial charge in [-0.05, 0) is 37.7 Å². The molecule has 0 radical (unpaired) electrons. The molecule has 3 heteroatoms. The zero-order valence-electron chi connectivity index (χ0n) is 9.09. The van der Waals surface area contributed by atoms with E-state index in [0.29, 0.717) is 12.0 Å². The predicted octanol–water partition coefficient (Wildman–Crippen LogP) is 2.40. The number of carbonyl (C=O) groups excluding carboxylic acids is 1. The highest BCUT2D eigenvalue weighted by Crippen LogP contribution is 2.07. The first-order valence-corrected chi connectivity index (χ1v) is 5.15. The molecule has 1 unspecified atom stereocenters. The first kappa shape index (κ1) is 11.9. The third-order valence-corrected chi connectivity index (χ3v) is 2.21. The Labute approximate surface area is 89.5 Å². The molecule has 1 rings (SSSR count). The maximum absolute atomic E-state index is 12.6. The molecule has 0 fully saturated rings. The van der Waals surface area contributed by atoms with Crippen molar-refractivity contribution in [1.29, 1.82) is 0 Å². The topological polar surface area (TPSA) is 29.1 Å². The molecular weight excluding hydrogens is 193 g/mol. The molecule has 0 spiro atoms. The second kappa shape index (κ2) is 5.61. The van der Waals surface area contributed by atoms with Gasteiger partial charge in [-0.15, -0.1) is 0 Å². The van der Waals surface area contributed by atoms with Gasteiger partial charge in [0.05, 0.1) is 0 Å². The van der Waals surface area contributed by atoms with Gasteiger partial charge in [0.1, 0.15) is 5.82 Å². The average molecular weight is 209 g/mol. The molecule has 0 saturated carbocycles. The van der Waals surface area contributed by atoms with E-state index in [-0.39, 0.29) is 17.6 Å². The SMILES string of the molecule is CCNC(C)CC(=O)c1ccc(F)cc1. The highest BCUT2D eigenvalue weighted by atomic mass is 19.1. The van der Waals surface area contributed by atoms with Gasteiger partial charge in [-0.1, -0.05) is 6.92 Å². The van der Waals surface area contributed by atoms with Crippen LogP contribution in [0.4, 0.5) is 4.39 Å². The molecule has 1 aromatic rings. The largest absolute Gasteiger partial charge is 0.314 e. The predicted molar refractivity (Wildman–Crippen MR) is 58.5 cm³/mol. The molecule has 0 saturated heterocycles. The minimum atomic E-state index is -0.314. The van der Waals surface area contributed by atoms with Crippen molar-refractivity contribution in [1.82, 2.24) is 5.32 Å². The Bertz CT molecular complexity index is 321. The van der Waals surface area contributed by atoms with E-state index >= 15 is 0 Å². The number of benzene rings is 1. The standard InChI is InChI=1S/C12H16FNO/c1-3-14-9(2)8-12(15)10-4-6-11(13)7-5-10/h4-7,9,14H,3,8H2,1-2H3. The van der Waals surface area contributed by atoms with Crippen LogP contribution >= 0.6 is 0 Å². The second-order valence-electron chi connectivity index (χ2n) is 3.59. The lowest BCUT2D eigenvalue weighted by Gasteiger charge is -2.10. The lowest BCUT2D eigenvalue weighted by Crippen LogP contribution is -2.28. The van der Waals surface area contributed by atoms with E-state index in [9.17, 15) is 9.18 Å². The Morgan fingerprint density at radius 1 is 1.40 bits per heavy atom. The van der Waals surface area contributed by atoms with E-state index in [2.05, 4.69) is 5.32 Å². The summed E-state index contributed by atoms with van der Waals surface area (Å²) in [7, 11) is 0. The van der Waals surface area contributed by atoms with Crippen molar-refractivity contribution in [2.45, 2.75) is 26.3 Å². The summed E-state index contributed by atoms with van der Waals surface area (Å²) in [5, 5.41) is 3.16. The van der Waals surface area contributed by atoms with Gasteiger partial charge in [0.25, 0.3) is 0 Å². The fourth-order valence-electron chi connectivity index (χ4n) is 1.45. The minimum absolute atomic E-state index is 0.0449. The lowest BCUT2D eigenvalue weighted by molar-refractivity contribution is 0.0972. The van der Waals surface area contributed by atoms with E-state index in [1.807, 2.05) is 13.8 Å². The van der Waals surface area contributed by atoms with Gasteiger partial charge < -0.3 is 5.32 Å². The van der Waals surface area contributed by atoms with E-state index in [1.54, 1.807) is 0 Å². The van der Waals surface area contributed by atoms with Crippen LogP contribution in [0, 0.1) is 5.82 Å². The fourth-order valence-corrected chi connectivity index (χ4v) is 1.45. The molecule has 0 bridgehead atoms. The Kier molecular flexibility index (Phi) is 4.43. The summed E-state index contributed by atoms with van der Waals surface area (Å²) in [6, 6.07) is 5.83. The monoisotopic (exact) mass is 209 g/mol. The van der Waals surface area contributed by atoms with Crippen LogP contribution in [-0.2, 0) is 0 Å². The van der Waals surface area contributed by atoms with E-state index in [1.165, 1.54) is 24.3 Å². The van der Waals surface area contributed by atoms with Crippen molar-refractivity contribution in [3.8, 4) is 0 Å². The summed E-state index contributed by atoms with van der Waals surface area (Å²) in [6.45, 7) is 4.81. The summed E-state index contributed by atoms with van der Waals surface area (Å²) in [5.74, 6) is -0.269. The zero-order chi connectivity index (χ0) is 11.3. The van der Waals surface area contributed by atoms with Gasteiger partial charge in [-0.25, -0.2) is 4.39 Å². The minimum Gasteiger partial charge on any atom is -0.314 e. The molecule has 1 atom stereocenters. The first-order valence-electron chi connectivity index (χ1n) is 5.15. The van der Waals surface area contributed by atoms with Crippen LogP contribution in [0.2, 0.25) is 0 Å². The first-order chi connectivity index (χ1) is 7.13. The van der Waals surface area contributed by atoms with Crippen molar-refractivity contribution < 1.29 is 9.18 Å². The zero-order valence-corrected chi connectivity index (χ0v) is 9.09. The molecule has 0 aromatic heterocycles. The summed E-state index contributed by atoms with van der Waals surface area (Å²) in [5.41, 5.74) is 0.571. The van der Waals surface area contributed by atoms with Crippen molar-refractivity contribution >= 4 is 5.78 Å². The Morgan fingerprint density at radius 3 is 2.53 bits per heavy atom. The molecule has 82 valence electrons. The van der Waals surface area contributed by atoms with Crippen LogP contribution in [0.3, 0.4) is 0 Å². The molecule has 0 aliphatic heterocycles. The van der Waals surface area contributed by atoms with Crippen molar-refractivity contribution in [2.75, 3.05) is 6.54 Å². The van der Waals surface area contributed by atoms with Crippen LogP contribution in [0.5, 0.6) is 0 Å². The van der Waals surface area contributed by atoms with Gasteiger partial charge in [0, 0.05) is 18.0 Å². The van der Waals surface area contributed by atoms with Gasteiger partial charge in [-0.2, -0.15) is 0 Å². The number of hydrogen-bond donors (Lipinski definition) is 1. The molecule has 15 heavy (non-hydrogen) atoms. The van der Waals surface area contributed by atoms with Crippen LogP contribution in [0.25, 0.3) is 0 Å². The second-order valence-corrected chi connectivity index (χ2v) is 3.59. The van der Waals surface area contributed by atoms with Crippen LogP contribution in [0.15, 0.2) is 24.3 Å². The third-order valence-electron chi connectivity index (χ3n) is 2.21. The molecule has 1 N–H and O–H groups in total. The van der Waals surface area contributed by atoms with Crippen LogP contribution in [0.1, 0.15) is 30.6 Å². The lowest BCUT2D eigenvalue weighted by atomic mass is 10.0.